The molecule has 1 heterocycles. The largest absolute Gasteiger partial charge is 0.389 e. The van der Waals surface area contributed by atoms with Crippen LogP contribution in [0.3, 0.4) is 0 Å². The van der Waals surface area contributed by atoms with Gasteiger partial charge in [-0.2, -0.15) is 0 Å². The van der Waals surface area contributed by atoms with E-state index in [2.05, 4.69) is 0 Å². The van der Waals surface area contributed by atoms with Crippen LogP contribution >= 0.6 is 23.8 Å². The average molecular weight is 308 g/mol. The summed E-state index contributed by atoms with van der Waals surface area (Å²) in [6.45, 7) is 0.453. The Morgan fingerprint density at radius 3 is 2.75 bits per heavy atom. The highest BCUT2D eigenvalue weighted by molar-refractivity contribution is 7.80. The van der Waals surface area contributed by atoms with E-state index in [1.165, 1.54) is 0 Å². The van der Waals surface area contributed by atoms with Gasteiger partial charge in [0.1, 0.15) is 4.99 Å². The molecule has 0 aliphatic heterocycles. The summed E-state index contributed by atoms with van der Waals surface area (Å²) in [5, 5.41) is 0.571. The monoisotopic (exact) mass is 307 g/mol. The van der Waals surface area contributed by atoms with Gasteiger partial charge in [-0.1, -0.05) is 36.0 Å². The van der Waals surface area contributed by atoms with Gasteiger partial charge in [0.15, 0.2) is 0 Å². The predicted molar refractivity (Wildman–Crippen MR) is 83.4 cm³/mol. The van der Waals surface area contributed by atoms with E-state index in [9.17, 15) is 4.79 Å². The third-order valence-corrected chi connectivity index (χ3v) is 4.08. The van der Waals surface area contributed by atoms with E-state index in [1.54, 1.807) is 21.4 Å². The van der Waals surface area contributed by atoms with Crippen LogP contribution in [0.25, 0.3) is 0 Å². The molecule has 6 heteroatoms. The lowest BCUT2D eigenvalue weighted by Crippen LogP contribution is -2.24. The van der Waals surface area contributed by atoms with Gasteiger partial charge in [-0.05, 0) is 24.5 Å². The maximum absolute atomic E-state index is 12.2. The second-order valence-corrected chi connectivity index (χ2v) is 5.86. The number of hydrogen-bond acceptors (Lipinski definition) is 2. The molecule has 1 aliphatic rings. The number of hydrogen-bond donors (Lipinski definition) is 1. The van der Waals surface area contributed by atoms with Crippen molar-refractivity contribution in [2.75, 3.05) is 0 Å². The molecule has 0 radical (unpaired) electrons. The summed E-state index contributed by atoms with van der Waals surface area (Å²) < 4.78 is 3.46. The van der Waals surface area contributed by atoms with E-state index >= 15 is 0 Å². The molecular formula is C14H14ClN3OS. The van der Waals surface area contributed by atoms with E-state index in [1.807, 2.05) is 18.3 Å². The van der Waals surface area contributed by atoms with Crippen molar-refractivity contribution in [2.24, 2.45) is 5.73 Å². The van der Waals surface area contributed by atoms with Crippen LogP contribution in [0.2, 0.25) is 5.02 Å². The van der Waals surface area contributed by atoms with Crippen molar-refractivity contribution in [1.82, 2.24) is 9.13 Å². The topological polar surface area (TPSA) is 52.9 Å². The molecule has 20 heavy (non-hydrogen) atoms. The van der Waals surface area contributed by atoms with Gasteiger partial charge < -0.3 is 5.73 Å². The number of benzene rings is 1. The lowest BCUT2D eigenvalue weighted by molar-refractivity contribution is 0.656. The molecule has 0 unspecified atom stereocenters. The Hall–Kier alpha value is -1.59. The van der Waals surface area contributed by atoms with Crippen molar-refractivity contribution >= 4 is 28.8 Å². The van der Waals surface area contributed by atoms with Gasteiger partial charge in [-0.3, -0.25) is 9.13 Å². The first-order chi connectivity index (χ1) is 9.56. The van der Waals surface area contributed by atoms with E-state index in [0.717, 1.165) is 24.0 Å². The molecule has 0 atom stereocenters. The molecule has 1 saturated carbocycles. The minimum atomic E-state index is 0.0157. The molecule has 3 rings (SSSR count). The summed E-state index contributed by atoms with van der Waals surface area (Å²) in [5.41, 5.74) is 7.19. The summed E-state index contributed by atoms with van der Waals surface area (Å²) in [6, 6.07) is 5.81. The minimum absolute atomic E-state index is 0.0157. The van der Waals surface area contributed by atoms with Gasteiger partial charge in [0.05, 0.1) is 6.54 Å². The zero-order valence-corrected chi connectivity index (χ0v) is 12.3. The molecular weight excluding hydrogens is 294 g/mol. The number of nitrogens with zero attached hydrogens (tertiary/aromatic N) is 2. The zero-order valence-electron chi connectivity index (χ0n) is 10.8. The van der Waals surface area contributed by atoms with Crippen LogP contribution in [0, 0.1) is 0 Å². The molecule has 1 aliphatic carbocycles. The van der Waals surface area contributed by atoms with Gasteiger partial charge in [0.25, 0.3) is 0 Å². The molecule has 1 fully saturated rings. The van der Waals surface area contributed by atoms with Crippen LogP contribution in [0.1, 0.15) is 30.0 Å². The lowest BCUT2D eigenvalue weighted by atomic mass is 10.1. The number of halogens is 1. The van der Waals surface area contributed by atoms with Gasteiger partial charge in [-0.25, -0.2) is 4.79 Å². The van der Waals surface area contributed by atoms with Crippen LogP contribution in [-0.2, 0) is 6.54 Å². The van der Waals surface area contributed by atoms with Gasteiger partial charge in [0.2, 0.25) is 0 Å². The van der Waals surface area contributed by atoms with Crippen molar-refractivity contribution < 1.29 is 0 Å². The Labute approximate surface area is 126 Å². The minimum Gasteiger partial charge on any atom is -0.389 e. The number of nitrogens with two attached hydrogens (primary N) is 1. The van der Waals surface area contributed by atoms with Gasteiger partial charge in [0, 0.05) is 29.0 Å². The van der Waals surface area contributed by atoms with Crippen molar-refractivity contribution in [3.05, 3.63) is 57.2 Å². The first-order valence-electron chi connectivity index (χ1n) is 6.42. The highest BCUT2D eigenvalue weighted by Crippen LogP contribution is 2.33. The normalized spacial score (nSPS) is 14.4. The number of rotatable bonds is 4. The summed E-state index contributed by atoms with van der Waals surface area (Å²) in [5.74, 6) is 0. The molecule has 1 aromatic carbocycles. The smallest absolute Gasteiger partial charge is 0.328 e. The fourth-order valence-corrected chi connectivity index (χ4v) is 2.56. The molecule has 2 N–H and O–H groups in total. The number of aromatic nitrogens is 2. The van der Waals surface area contributed by atoms with E-state index < -0.39 is 0 Å². The van der Waals surface area contributed by atoms with Gasteiger partial charge >= 0.3 is 5.69 Å². The second kappa shape index (κ2) is 5.07. The fourth-order valence-electron chi connectivity index (χ4n) is 2.19. The maximum Gasteiger partial charge on any atom is 0.328 e. The van der Waals surface area contributed by atoms with E-state index in [4.69, 9.17) is 29.6 Å². The van der Waals surface area contributed by atoms with Crippen LogP contribution in [-0.4, -0.2) is 14.1 Å². The predicted octanol–water partition coefficient (Wildman–Crippen LogP) is 2.32. The zero-order chi connectivity index (χ0) is 14.3. The third-order valence-electron chi connectivity index (χ3n) is 3.49. The van der Waals surface area contributed by atoms with Gasteiger partial charge in [-0.15, -0.1) is 0 Å². The first-order valence-corrected chi connectivity index (χ1v) is 7.20. The maximum atomic E-state index is 12.2. The molecule has 4 nitrogen and oxygen atoms in total. The quantitative estimate of drug-likeness (QED) is 0.882. The van der Waals surface area contributed by atoms with Crippen LogP contribution in [0.5, 0.6) is 0 Å². The Morgan fingerprint density at radius 1 is 1.40 bits per heavy atom. The number of imidazole rings is 1. The van der Waals surface area contributed by atoms with Crippen LogP contribution in [0.15, 0.2) is 35.4 Å². The van der Waals surface area contributed by atoms with Crippen molar-refractivity contribution in [3.8, 4) is 0 Å². The standard InChI is InChI=1S/C14H14ClN3OS/c15-12-7-9(13(16)20)1-2-10(12)8-17-5-6-18(14(17)19)11-3-4-11/h1-2,5-7,11H,3-4,8H2,(H2,16,20). The molecule has 0 saturated heterocycles. The average Bonchev–Trinajstić information content (AvgIpc) is 3.18. The molecule has 0 bridgehead atoms. The summed E-state index contributed by atoms with van der Waals surface area (Å²) in [6.07, 6.45) is 5.83. The van der Waals surface area contributed by atoms with Crippen molar-refractivity contribution in [3.63, 3.8) is 0 Å². The highest BCUT2D eigenvalue weighted by Gasteiger charge is 2.25. The van der Waals surface area contributed by atoms with Crippen LogP contribution in [0.4, 0.5) is 0 Å². The van der Waals surface area contributed by atoms with Crippen molar-refractivity contribution in [2.45, 2.75) is 25.4 Å². The van der Waals surface area contributed by atoms with Crippen LogP contribution < -0.4 is 11.4 Å². The summed E-state index contributed by atoms with van der Waals surface area (Å²) in [4.78, 5) is 12.5. The molecule has 0 amide bonds. The highest BCUT2D eigenvalue weighted by atomic mass is 35.5. The Bertz CT molecular complexity index is 730. The lowest BCUT2D eigenvalue weighted by Gasteiger charge is -2.07. The fraction of sp³-hybridized carbons (Fsp3) is 0.286. The molecule has 1 aromatic heterocycles. The Balaban J connectivity index is 1.87. The van der Waals surface area contributed by atoms with Crippen molar-refractivity contribution in [1.29, 1.82) is 0 Å². The third kappa shape index (κ3) is 2.51. The Kier molecular flexibility index (Phi) is 3.40. The summed E-state index contributed by atoms with van der Waals surface area (Å²) >= 11 is 11.1. The molecule has 0 spiro atoms. The number of thiocarbonyl (C=S) groups is 1. The SMILES string of the molecule is NC(=S)c1ccc(Cn2ccn(C3CC3)c2=O)c(Cl)c1. The first kappa shape index (κ1) is 13.4. The molecule has 2 aromatic rings. The Morgan fingerprint density at radius 2 is 2.15 bits per heavy atom. The second-order valence-electron chi connectivity index (χ2n) is 5.02. The van der Waals surface area contributed by atoms with E-state index in [0.29, 0.717) is 22.6 Å². The van der Waals surface area contributed by atoms with E-state index in [-0.39, 0.29) is 5.69 Å². The summed E-state index contributed by atoms with van der Waals surface area (Å²) in [7, 11) is 0. The molecule has 104 valence electrons.